The largest absolute Gasteiger partial charge is 0.492 e. The molecule has 1 unspecified atom stereocenters. The van der Waals surface area contributed by atoms with Crippen molar-refractivity contribution in [2.75, 3.05) is 32.8 Å². The number of benzene rings is 2. The maximum absolute atomic E-state index is 13.8. The molecule has 35 heavy (non-hydrogen) atoms. The van der Waals surface area contributed by atoms with Gasteiger partial charge in [-0.25, -0.2) is 4.98 Å². The van der Waals surface area contributed by atoms with Crippen LogP contribution < -0.4 is 10.3 Å². The fourth-order valence-electron chi connectivity index (χ4n) is 4.61. The Bertz CT molecular complexity index is 1390. The number of nitrogens with zero attached hydrogens (tertiary/aromatic N) is 4. The van der Waals surface area contributed by atoms with Crippen LogP contribution in [0.2, 0.25) is 0 Å². The minimum absolute atomic E-state index is 0.103. The summed E-state index contributed by atoms with van der Waals surface area (Å²) in [6.07, 6.45) is 1.51. The molecule has 1 saturated heterocycles. The van der Waals surface area contributed by atoms with Crippen LogP contribution in [0.5, 0.6) is 5.75 Å². The Balaban J connectivity index is 1.51. The molecule has 1 fully saturated rings. The Morgan fingerprint density at radius 2 is 1.77 bits per heavy atom. The summed E-state index contributed by atoms with van der Waals surface area (Å²) < 4.78 is 12.8. The number of carbonyl (C=O) groups is 1. The van der Waals surface area contributed by atoms with Gasteiger partial charge in [0, 0.05) is 26.2 Å². The number of hydrogen-bond acceptors (Lipinski definition) is 6. The number of hydrogen-bond donors (Lipinski definition) is 0. The summed E-state index contributed by atoms with van der Waals surface area (Å²) in [4.78, 5) is 35.4. The first kappa shape index (κ1) is 22.9. The lowest BCUT2D eigenvalue weighted by Crippen LogP contribution is -2.49. The maximum Gasteiger partial charge on any atom is 0.289 e. The van der Waals surface area contributed by atoms with Gasteiger partial charge in [0.2, 0.25) is 0 Å². The molecular weight excluding hydrogens is 444 g/mol. The number of amides is 1. The topological polar surface area (TPSA) is 80.8 Å². The van der Waals surface area contributed by atoms with Crippen molar-refractivity contribution in [2.24, 2.45) is 0 Å². The molecule has 2 aromatic carbocycles. The van der Waals surface area contributed by atoms with E-state index in [4.69, 9.17) is 14.1 Å². The molecule has 0 N–H and O–H groups in total. The predicted octanol–water partition coefficient (Wildman–Crippen LogP) is 3.90. The van der Waals surface area contributed by atoms with E-state index >= 15 is 0 Å². The van der Waals surface area contributed by atoms with E-state index in [1.54, 1.807) is 27.7 Å². The molecule has 0 bridgehead atoms. The highest BCUT2D eigenvalue weighted by molar-refractivity contribution is 5.91. The standard InChI is InChI=1S/C27H28N4O4/c1-3-34-23-12-7-6-11-22(23)31-25(28-21-10-5-4-9-20(21)26(31)32)19(2)29-14-16-30(17-15-29)27(33)24-13-8-18-35-24/h4-13,18-19H,3,14-17H2,1-2H3. The molecule has 8 nitrogen and oxygen atoms in total. The molecule has 0 saturated carbocycles. The van der Waals surface area contributed by atoms with Gasteiger partial charge in [-0.15, -0.1) is 0 Å². The Kier molecular flexibility index (Phi) is 6.37. The molecule has 0 aliphatic carbocycles. The maximum atomic E-state index is 13.8. The third kappa shape index (κ3) is 4.33. The van der Waals surface area contributed by atoms with E-state index in [0.717, 1.165) is 0 Å². The summed E-state index contributed by atoms with van der Waals surface area (Å²) in [6, 6.07) is 18.2. The zero-order valence-electron chi connectivity index (χ0n) is 19.9. The summed E-state index contributed by atoms with van der Waals surface area (Å²) >= 11 is 0. The highest BCUT2D eigenvalue weighted by Gasteiger charge is 2.29. The number of ether oxygens (including phenoxy) is 1. The number of carbonyl (C=O) groups excluding carboxylic acids is 1. The van der Waals surface area contributed by atoms with Gasteiger partial charge in [0.25, 0.3) is 11.5 Å². The van der Waals surface area contributed by atoms with Gasteiger partial charge in [0.1, 0.15) is 11.6 Å². The van der Waals surface area contributed by atoms with E-state index in [1.165, 1.54) is 6.26 Å². The Morgan fingerprint density at radius 3 is 2.51 bits per heavy atom. The quantitative estimate of drug-likeness (QED) is 0.424. The molecule has 2 aromatic heterocycles. The SMILES string of the molecule is CCOc1ccccc1-n1c(C(C)N2CCN(C(=O)c3ccco3)CC2)nc2ccccc2c1=O. The van der Waals surface area contributed by atoms with Crippen LogP contribution in [-0.2, 0) is 0 Å². The van der Waals surface area contributed by atoms with E-state index in [1.807, 2.05) is 49.4 Å². The number of piperazine rings is 1. The highest BCUT2D eigenvalue weighted by Crippen LogP contribution is 2.28. The minimum Gasteiger partial charge on any atom is -0.492 e. The highest BCUT2D eigenvalue weighted by atomic mass is 16.5. The summed E-state index contributed by atoms with van der Waals surface area (Å²) in [6.45, 7) is 6.91. The Labute approximate surface area is 203 Å². The molecule has 1 aliphatic heterocycles. The first-order chi connectivity index (χ1) is 17.1. The second-order valence-electron chi connectivity index (χ2n) is 8.51. The van der Waals surface area contributed by atoms with Crippen LogP contribution in [0.15, 0.2) is 76.1 Å². The van der Waals surface area contributed by atoms with E-state index < -0.39 is 0 Å². The van der Waals surface area contributed by atoms with Crippen LogP contribution in [0.1, 0.15) is 36.3 Å². The van der Waals surface area contributed by atoms with E-state index in [2.05, 4.69) is 11.8 Å². The third-order valence-corrected chi connectivity index (χ3v) is 6.46. The van der Waals surface area contributed by atoms with Gasteiger partial charge in [0.15, 0.2) is 5.76 Å². The van der Waals surface area contributed by atoms with Crippen LogP contribution >= 0.6 is 0 Å². The van der Waals surface area contributed by atoms with Crippen molar-refractivity contribution in [1.29, 1.82) is 0 Å². The van der Waals surface area contributed by atoms with Crippen molar-refractivity contribution >= 4 is 16.8 Å². The van der Waals surface area contributed by atoms with Gasteiger partial charge in [-0.2, -0.15) is 0 Å². The van der Waals surface area contributed by atoms with Gasteiger partial charge in [-0.3, -0.25) is 19.1 Å². The number of rotatable bonds is 6. The van der Waals surface area contributed by atoms with Gasteiger partial charge >= 0.3 is 0 Å². The Morgan fingerprint density at radius 1 is 1.03 bits per heavy atom. The van der Waals surface area contributed by atoms with Crippen LogP contribution in [0.3, 0.4) is 0 Å². The molecule has 3 heterocycles. The molecule has 5 rings (SSSR count). The average molecular weight is 473 g/mol. The molecule has 1 amide bonds. The Hall–Kier alpha value is -3.91. The lowest BCUT2D eigenvalue weighted by atomic mass is 10.1. The fraction of sp³-hybridized carbons (Fsp3) is 0.296. The molecule has 1 atom stereocenters. The van der Waals surface area contributed by atoms with Gasteiger partial charge in [-0.05, 0) is 50.2 Å². The molecule has 4 aromatic rings. The molecular formula is C27H28N4O4. The predicted molar refractivity (Wildman–Crippen MR) is 133 cm³/mol. The second kappa shape index (κ2) is 9.76. The van der Waals surface area contributed by atoms with Gasteiger partial charge in [0.05, 0.1) is 35.5 Å². The second-order valence-corrected chi connectivity index (χ2v) is 8.51. The lowest BCUT2D eigenvalue weighted by molar-refractivity contribution is 0.0544. The van der Waals surface area contributed by atoms with Gasteiger partial charge in [-0.1, -0.05) is 24.3 Å². The number of para-hydroxylation sites is 3. The van der Waals surface area contributed by atoms with E-state index in [-0.39, 0.29) is 17.5 Å². The van der Waals surface area contributed by atoms with Crippen LogP contribution in [0.25, 0.3) is 16.6 Å². The van der Waals surface area contributed by atoms with Crippen molar-refractivity contribution in [1.82, 2.24) is 19.4 Å². The lowest BCUT2D eigenvalue weighted by Gasteiger charge is -2.38. The third-order valence-electron chi connectivity index (χ3n) is 6.46. The van der Waals surface area contributed by atoms with Crippen molar-refractivity contribution in [3.05, 3.63) is 88.9 Å². The molecule has 180 valence electrons. The summed E-state index contributed by atoms with van der Waals surface area (Å²) in [5.74, 6) is 1.53. The smallest absolute Gasteiger partial charge is 0.289 e. The van der Waals surface area contributed by atoms with E-state index in [9.17, 15) is 9.59 Å². The van der Waals surface area contributed by atoms with Crippen molar-refractivity contribution < 1.29 is 13.9 Å². The monoisotopic (exact) mass is 472 g/mol. The molecule has 8 heteroatoms. The van der Waals surface area contributed by atoms with Crippen LogP contribution in [-0.4, -0.2) is 58.0 Å². The van der Waals surface area contributed by atoms with Gasteiger partial charge < -0.3 is 14.1 Å². The zero-order valence-corrected chi connectivity index (χ0v) is 19.9. The minimum atomic E-state index is -0.164. The van der Waals surface area contributed by atoms with E-state index in [0.29, 0.717) is 66.7 Å². The average Bonchev–Trinajstić information content (AvgIpc) is 3.44. The van der Waals surface area contributed by atoms with Crippen LogP contribution in [0.4, 0.5) is 0 Å². The summed E-state index contributed by atoms with van der Waals surface area (Å²) in [7, 11) is 0. The number of aromatic nitrogens is 2. The first-order valence-corrected chi connectivity index (χ1v) is 11.9. The summed E-state index contributed by atoms with van der Waals surface area (Å²) in [5, 5.41) is 0.559. The van der Waals surface area contributed by atoms with Crippen molar-refractivity contribution in [2.45, 2.75) is 19.9 Å². The molecule has 0 radical (unpaired) electrons. The van der Waals surface area contributed by atoms with Crippen LogP contribution in [0, 0.1) is 0 Å². The number of furan rings is 1. The molecule has 0 spiro atoms. The zero-order chi connectivity index (χ0) is 24.4. The first-order valence-electron chi connectivity index (χ1n) is 11.9. The number of fused-ring (bicyclic) bond motifs is 1. The fourth-order valence-corrected chi connectivity index (χ4v) is 4.61. The molecule has 1 aliphatic rings. The summed E-state index contributed by atoms with van der Waals surface area (Å²) in [5.41, 5.74) is 1.21. The normalized spacial score (nSPS) is 15.3. The van der Waals surface area contributed by atoms with Crippen molar-refractivity contribution in [3.8, 4) is 11.4 Å². The van der Waals surface area contributed by atoms with Crippen molar-refractivity contribution in [3.63, 3.8) is 0 Å².